The predicted molar refractivity (Wildman–Crippen MR) is 84.9 cm³/mol. The second-order valence-corrected chi connectivity index (χ2v) is 6.13. The van der Waals surface area contributed by atoms with E-state index in [-0.39, 0.29) is 0 Å². The van der Waals surface area contributed by atoms with Crippen molar-refractivity contribution < 1.29 is 9.47 Å². The molecule has 0 aromatic heterocycles. The smallest absolute Gasteiger partial charge is 0.161 e. The van der Waals surface area contributed by atoms with Crippen LogP contribution in [-0.2, 0) is 6.54 Å². The number of thioether (sulfide) groups is 1. The Morgan fingerprint density at radius 3 is 2.65 bits per heavy atom. The fourth-order valence-corrected chi connectivity index (χ4v) is 3.20. The minimum atomic E-state index is 0.532. The van der Waals surface area contributed by atoms with Gasteiger partial charge in [-0.05, 0) is 23.6 Å². The maximum atomic E-state index is 5.30. The van der Waals surface area contributed by atoms with Crippen molar-refractivity contribution in [2.24, 2.45) is 10.9 Å². The minimum Gasteiger partial charge on any atom is -0.493 e. The number of amidine groups is 1. The quantitative estimate of drug-likeness (QED) is 0.907. The standard InChI is InChI=1S/C15H22N2O2S/c1-10(2)12-9-20-15(17-12)16-8-11-5-6-13(18-3)14(7-11)19-4/h5-7,10,12H,8-9H2,1-4H3,(H,16,17)/t12-/m1/s1. The Balaban J connectivity index is 2.01. The van der Waals surface area contributed by atoms with E-state index in [1.54, 1.807) is 26.0 Å². The third-order valence-electron chi connectivity index (χ3n) is 3.37. The molecular weight excluding hydrogens is 272 g/mol. The number of nitrogens with zero attached hydrogens (tertiary/aromatic N) is 1. The van der Waals surface area contributed by atoms with Gasteiger partial charge in [0.2, 0.25) is 0 Å². The van der Waals surface area contributed by atoms with Gasteiger partial charge in [-0.3, -0.25) is 4.99 Å². The fraction of sp³-hybridized carbons (Fsp3) is 0.533. The lowest BCUT2D eigenvalue weighted by atomic mass is 10.1. The first-order valence-corrected chi connectivity index (χ1v) is 7.77. The van der Waals surface area contributed by atoms with E-state index in [4.69, 9.17) is 9.47 Å². The Morgan fingerprint density at radius 1 is 1.30 bits per heavy atom. The van der Waals surface area contributed by atoms with Crippen molar-refractivity contribution in [2.45, 2.75) is 26.4 Å². The van der Waals surface area contributed by atoms with Crippen LogP contribution in [0.3, 0.4) is 0 Å². The van der Waals surface area contributed by atoms with Crippen LogP contribution in [0.4, 0.5) is 0 Å². The molecule has 0 radical (unpaired) electrons. The summed E-state index contributed by atoms with van der Waals surface area (Å²) in [5, 5.41) is 4.51. The van der Waals surface area contributed by atoms with Gasteiger partial charge in [0.1, 0.15) is 0 Å². The molecule has 1 aromatic carbocycles. The zero-order chi connectivity index (χ0) is 14.5. The molecule has 1 heterocycles. The van der Waals surface area contributed by atoms with Crippen LogP contribution < -0.4 is 14.8 Å². The van der Waals surface area contributed by atoms with Crippen LogP contribution >= 0.6 is 11.8 Å². The lowest BCUT2D eigenvalue weighted by Gasteiger charge is -2.13. The summed E-state index contributed by atoms with van der Waals surface area (Å²) in [7, 11) is 3.29. The number of rotatable bonds is 5. The monoisotopic (exact) mass is 294 g/mol. The second kappa shape index (κ2) is 6.88. The molecule has 1 saturated heterocycles. The molecule has 2 rings (SSSR count). The van der Waals surface area contributed by atoms with Gasteiger partial charge in [-0.25, -0.2) is 0 Å². The summed E-state index contributed by atoms with van der Waals surface area (Å²) in [5.74, 6) is 3.23. The lowest BCUT2D eigenvalue weighted by molar-refractivity contribution is 0.354. The summed E-state index contributed by atoms with van der Waals surface area (Å²) in [6.45, 7) is 5.12. The van der Waals surface area contributed by atoms with Gasteiger partial charge in [-0.2, -0.15) is 0 Å². The molecule has 0 unspecified atom stereocenters. The topological polar surface area (TPSA) is 42.8 Å². The first-order valence-electron chi connectivity index (χ1n) is 6.78. The van der Waals surface area contributed by atoms with Gasteiger partial charge >= 0.3 is 0 Å². The molecule has 0 saturated carbocycles. The van der Waals surface area contributed by atoms with Gasteiger partial charge < -0.3 is 14.8 Å². The molecule has 1 N–H and O–H groups in total. The first-order chi connectivity index (χ1) is 9.63. The maximum absolute atomic E-state index is 5.30. The minimum absolute atomic E-state index is 0.532. The zero-order valence-electron chi connectivity index (χ0n) is 12.5. The van der Waals surface area contributed by atoms with Crippen LogP contribution in [-0.4, -0.2) is 31.2 Å². The van der Waals surface area contributed by atoms with Crippen LogP contribution in [0.1, 0.15) is 19.4 Å². The summed E-state index contributed by atoms with van der Waals surface area (Å²) in [5.41, 5.74) is 1.12. The lowest BCUT2D eigenvalue weighted by Crippen LogP contribution is -2.31. The zero-order valence-corrected chi connectivity index (χ0v) is 13.3. The van der Waals surface area contributed by atoms with Crippen LogP contribution in [0, 0.1) is 5.92 Å². The largest absolute Gasteiger partial charge is 0.493 e. The van der Waals surface area contributed by atoms with E-state index in [9.17, 15) is 0 Å². The summed E-state index contributed by atoms with van der Waals surface area (Å²) in [4.78, 5) is 4.63. The summed E-state index contributed by atoms with van der Waals surface area (Å²) >= 11 is 1.80. The van der Waals surface area contributed by atoms with Gasteiger partial charge in [0.05, 0.1) is 20.8 Å². The molecule has 0 bridgehead atoms. The number of hydrogen-bond donors (Lipinski definition) is 1. The SMILES string of the molecule is COc1ccc(CN=C2N[C@@H](C(C)C)CS2)cc1OC. The number of methoxy groups -OCH3 is 2. The Hall–Kier alpha value is -1.36. The van der Waals surface area contributed by atoms with Crippen LogP contribution in [0.15, 0.2) is 23.2 Å². The van der Waals surface area contributed by atoms with Crippen LogP contribution in [0.5, 0.6) is 11.5 Å². The van der Waals surface area contributed by atoms with E-state index in [1.165, 1.54) is 0 Å². The van der Waals surface area contributed by atoms with E-state index in [0.29, 0.717) is 18.5 Å². The van der Waals surface area contributed by atoms with Crippen molar-refractivity contribution in [1.82, 2.24) is 5.32 Å². The normalized spacial score (nSPS) is 20.2. The number of ether oxygens (including phenoxy) is 2. The number of benzene rings is 1. The molecular formula is C15H22N2O2S. The molecule has 1 aromatic rings. The molecule has 1 atom stereocenters. The van der Waals surface area contributed by atoms with Gasteiger partial charge in [0.15, 0.2) is 16.7 Å². The highest BCUT2D eigenvalue weighted by molar-refractivity contribution is 8.14. The molecule has 1 aliphatic rings. The molecule has 4 nitrogen and oxygen atoms in total. The van der Waals surface area contributed by atoms with Gasteiger partial charge in [0.25, 0.3) is 0 Å². The molecule has 0 aliphatic carbocycles. The van der Waals surface area contributed by atoms with E-state index >= 15 is 0 Å². The highest BCUT2D eigenvalue weighted by Gasteiger charge is 2.22. The fourth-order valence-electron chi connectivity index (χ4n) is 2.00. The highest BCUT2D eigenvalue weighted by atomic mass is 32.2. The maximum Gasteiger partial charge on any atom is 0.161 e. The summed E-state index contributed by atoms with van der Waals surface area (Å²) in [6.07, 6.45) is 0. The number of hydrogen-bond acceptors (Lipinski definition) is 4. The Kier molecular flexibility index (Phi) is 5.17. The molecule has 1 aliphatic heterocycles. The third-order valence-corrected chi connectivity index (χ3v) is 4.41. The van der Waals surface area contributed by atoms with E-state index in [2.05, 4.69) is 24.2 Å². The molecule has 0 amide bonds. The van der Waals surface area contributed by atoms with Crippen molar-refractivity contribution in [3.05, 3.63) is 23.8 Å². The molecule has 20 heavy (non-hydrogen) atoms. The van der Waals surface area contributed by atoms with Gasteiger partial charge in [-0.1, -0.05) is 31.7 Å². The Labute approximate surface area is 125 Å². The van der Waals surface area contributed by atoms with Crippen molar-refractivity contribution >= 4 is 16.9 Å². The van der Waals surface area contributed by atoms with Crippen molar-refractivity contribution in [1.29, 1.82) is 0 Å². The molecule has 0 spiro atoms. The van der Waals surface area contributed by atoms with E-state index in [1.807, 2.05) is 18.2 Å². The highest BCUT2D eigenvalue weighted by Crippen LogP contribution is 2.28. The van der Waals surface area contributed by atoms with E-state index < -0.39 is 0 Å². The average molecular weight is 294 g/mol. The van der Waals surface area contributed by atoms with Crippen molar-refractivity contribution in [3.63, 3.8) is 0 Å². The van der Waals surface area contributed by atoms with Gasteiger partial charge in [0, 0.05) is 11.8 Å². The Morgan fingerprint density at radius 2 is 2.05 bits per heavy atom. The summed E-state index contributed by atoms with van der Waals surface area (Å²) < 4.78 is 10.5. The number of aliphatic imine (C=N–C) groups is 1. The van der Waals surface area contributed by atoms with Crippen molar-refractivity contribution in [3.8, 4) is 11.5 Å². The van der Waals surface area contributed by atoms with Crippen LogP contribution in [0.2, 0.25) is 0 Å². The molecule has 5 heteroatoms. The van der Waals surface area contributed by atoms with Gasteiger partial charge in [-0.15, -0.1) is 0 Å². The average Bonchev–Trinajstić information content (AvgIpc) is 2.94. The molecule has 1 fully saturated rings. The number of nitrogens with one attached hydrogen (secondary N) is 1. The second-order valence-electron chi connectivity index (χ2n) is 5.12. The molecule has 110 valence electrons. The Bertz CT molecular complexity index is 489. The third kappa shape index (κ3) is 3.60. The van der Waals surface area contributed by atoms with Crippen molar-refractivity contribution in [2.75, 3.05) is 20.0 Å². The first kappa shape index (κ1) is 15.0. The summed E-state index contributed by atoms with van der Waals surface area (Å²) in [6, 6.07) is 6.44. The predicted octanol–water partition coefficient (Wildman–Crippen LogP) is 2.92. The van der Waals surface area contributed by atoms with E-state index in [0.717, 1.165) is 28.0 Å². The van der Waals surface area contributed by atoms with Crippen LogP contribution in [0.25, 0.3) is 0 Å².